The van der Waals surface area contributed by atoms with Gasteiger partial charge in [0.1, 0.15) is 0 Å². The van der Waals surface area contributed by atoms with Crippen LogP contribution in [-0.2, 0) is 4.74 Å². The predicted octanol–water partition coefficient (Wildman–Crippen LogP) is -0.0744. The zero-order valence-corrected chi connectivity index (χ0v) is 4.42. The molecule has 1 N–H and O–H groups in total. The molecule has 0 saturated carbocycles. The van der Waals surface area contributed by atoms with Crippen LogP contribution in [0, 0.1) is 4.91 Å². The predicted molar refractivity (Wildman–Crippen MR) is 28.3 cm³/mol. The fourth-order valence-corrected chi connectivity index (χ4v) is 0.208. The highest BCUT2D eigenvalue weighted by Gasteiger charge is 1.92. The van der Waals surface area contributed by atoms with Crippen LogP contribution in [0.5, 0.6) is 0 Å². The van der Waals surface area contributed by atoms with Crippen molar-refractivity contribution in [3.8, 4) is 0 Å². The first-order valence-electron chi connectivity index (χ1n) is 2.08. The summed E-state index contributed by atoms with van der Waals surface area (Å²) < 4.78 is 4.35. The number of hydrogen-bond acceptors (Lipinski definition) is 3. The highest BCUT2D eigenvalue weighted by atomic mass is 16.6. The molecule has 4 nitrogen and oxygen atoms in total. The molecule has 0 rings (SSSR count). The normalized spacial score (nSPS) is 6.62. The van der Waals surface area contributed by atoms with Crippen LogP contribution < -0.4 is 4.85 Å². The summed E-state index contributed by atoms with van der Waals surface area (Å²) in [5, 5.41) is 8.34. The van der Waals surface area contributed by atoms with E-state index in [1.165, 1.54) is 0 Å². The molecule has 0 saturated heterocycles. The van der Waals surface area contributed by atoms with E-state index in [0.717, 1.165) is 0 Å². The number of hydrogen-bond donors (Lipinski definition) is 1. The molecule has 0 unspecified atom stereocenters. The topological polar surface area (TPSA) is 60.6 Å². The van der Waals surface area contributed by atoms with Crippen molar-refractivity contribution < 1.29 is 9.84 Å². The smallest absolute Gasteiger partial charge is 0.470 e. The highest BCUT2D eigenvalue weighted by Crippen LogP contribution is 1.79. The minimum Gasteiger partial charge on any atom is -0.470 e. The van der Waals surface area contributed by atoms with Gasteiger partial charge in [0.05, 0.1) is 6.61 Å². The second-order valence-electron chi connectivity index (χ2n) is 0.941. The van der Waals surface area contributed by atoms with Gasteiger partial charge in [-0.3, -0.25) is 0 Å². The SMILES string of the molecule is CCOC(O)=C=[N+]=O. The molecule has 0 fully saturated rings. The molecule has 0 amide bonds. The van der Waals surface area contributed by atoms with Crippen LogP contribution in [0.25, 0.3) is 0 Å². The molecule has 0 aromatic rings. The van der Waals surface area contributed by atoms with E-state index < -0.39 is 5.95 Å². The number of aliphatic hydroxyl groups is 1. The van der Waals surface area contributed by atoms with Crippen molar-refractivity contribution in [1.82, 2.24) is 4.85 Å². The molecule has 0 radical (unpaired) electrons. The van der Waals surface area contributed by atoms with Gasteiger partial charge < -0.3 is 9.84 Å². The third-order valence-corrected chi connectivity index (χ3v) is 0.422. The van der Waals surface area contributed by atoms with Gasteiger partial charge in [-0.15, -0.1) is 0 Å². The molecular weight excluding hydrogens is 110 g/mol. The second-order valence-corrected chi connectivity index (χ2v) is 0.941. The van der Waals surface area contributed by atoms with Crippen molar-refractivity contribution in [3.63, 3.8) is 0 Å². The molecule has 0 aliphatic carbocycles. The maximum Gasteiger partial charge on any atom is 0.474 e. The maximum absolute atomic E-state index is 9.27. The molecule has 0 aromatic heterocycles. The molecule has 0 aliphatic rings. The van der Waals surface area contributed by atoms with E-state index in [2.05, 4.69) is 9.59 Å². The molecular formula is C4H6NO3+. The first-order chi connectivity index (χ1) is 3.81. The van der Waals surface area contributed by atoms with E-state index in [1.807, 2.05) is 0 Å². The average Bonchev–Trinajstić information content (AvgIpc) is 1.68. The van der Waals surface area contributed by atoms with Gasteiger partial charge in [0, 0.05) is 0 Å². The molecule has 0 heterocycles. The van der Waals surface area contributed by atoms with Crippen LogP contribution in [0.4, 0.5) is 0 Å². The fraction of sp³-hybridized carbons (Fsp3) is 0.500. The minimum atomic E-state index is -0.567. The standard InChI is InChI=1S/C4H5NO3/c1-2-8-4(6)3-5-7/h2H2,1H3/p+1. The van der Waals surface area contributed by atoms with Crippen LogP contribution >= 0.6 is 0 Å². The van der Waals surface area contributed by atoms with Crippen molar-refractivity contribution in [1.29, 1.82) is 0 Å². The summed E-state index contributed by atoms with van der Waals surface area (Å²) in [4.78, 5) is 11.4. The Balaban J connectivity index is 3.81. The van der Waals surface area contributed by atoms with E-state index in [4.69, 9.17) is 5.11 Å². The van der Waals surface area contributed by atoms with Gasteiger partial charge in [0.2, 0.25) is 0 Å². The largest absolute Gasteiger partial charge is 0.474 e. The summed E-state index contributed by atoms with van der Waals surface area (Å²) in [5.74, 6) is 1.10. The molecule has 4 heteroatoms. The van der Waals surface area contributed by atoms with Crippen LogP contribution in [0.15, 0.2) is 5.95 Å². The van der Waals surface area contributed by atoms with Crippen molar-refractivity contribution in [2.45, 2.75) is 6.92 Å². The van der Waals surface area contributed by atoms with Crippen molar-refractivity contribution >= 4 is 5.87 Å². The van der Waals surface area contributed by atoms with Gasteiger partial charge in [-0.1, -0.05) is 0 Å². The van der Waals surface area contributed by atoms with E-state index >= 15 is 0 Å². The van der Waals surface area contributed by atoms with Gasteiger partial charge in [-0.05, 0) is 6.92 Å². The molecule has 0 aromatic carbocycles. The Bertz CT molecular complexity index is 141. The summed E-state index contributed by atoms with van der Waals surface area (Å²) in [6.07, 6.45) is 0. The van der Waals surface area contributed by atoms with Crippen molar-refractivity contribution in [3.05, 3.63) is 10.9 Å². The molecule has 0 bridgehead atoms. The summed E-state index contributed by atoms with van der Waals surface area (Å²) in [5.41, 5.74) is 0. The van der Waals surface area contributed by atoms with E-state index in [1.54, 1.807) is 12.8 Å². The lowest BCUT2D eigenvalue weighted by Crippen LogP contribution is -1.89. The van der Waals surface area contributed by atoms with E-state index in [9.17, 15) is 4.91 Å². The van der Waals surface area contributed by atoms with Gasteiger partial charge in [-0.25, -0.2) is 0 Å². The number of nitroso groups, excluding NO2 is 1. The zero-order valence-electron chi connectivity index (χ0n) is 4.42. The molecule has 44 valence electrons. The minimum absolute atomic E-state index is 0.300. The first-order valence-corrected chi connectivity index (χ1v) is 2.08. The molecule has 0 spiro atoms. The summed E-state index contributed by atoms with van der Waals surface area (Å²) in [6, 6.07) is 0. The Morgan fingerprint density at radius 2 is 2.62 bits per heavy atom. The average molecular weight is 116 g/mol. The monoisotopic (exact) mass is 116 g/mol. The Hall–Kier alpha value is -1.24. The van der Waals surface area contributed by atoms with Gasteiger partial charge in [-0.2, -0.15) is 0 Å². The number of nitrogens with zero attached hydrogens (tertiary/aromatic N) is 1. The number of rotatable bonds is 2. The lowest BCUT2D eigenvalue weighted by Gasteiger charge is -1.89. The van der Waals surface area contributed by atoms with Crippen molar-refractivity contribution in [2.75, 3.05) is 6.61 Å². The summed E-state index contributed by atoms with van der Waals surface area (Å²) in [6.45, 7) is 1.97. The number of aliphatic hydroxyl groups excluding tert-OH is 1. The van der Waals surface area contributed by atoms with Gasteiger partial charge in [0.15, 0.2) is 4.91 Å². The summed E-state index contributed by atoms with van der Waals surface area (Å²) in [7, 11) is 0. The van der Waals surface area contributed by atoms with Crippen molar-refractivity contribution in [2.24, 2.45) is 0 Å². The zero-order chi connectivity index (χ0) is 6.41. The Labute approximate surface area is 46.1 Å². The summed E-state index contributed by atoms with van der Waals surface area (Å²) >= 11 is 0. The van der Waals surface area contributed by atoms with Crippen LogP contribution in [0.3, 0.4) is 0 Å². The fourth-order valence-electron chi connectivity index (χ4n) is 0.208. The Kier molecular flexibility index (Phi) is 3.32. The third-order valence-electron chi connectivity index (χ3n) is 0.422. The van der Waals surface area contributed by atoms with Gasteiger partial charge >= 0.3 is 11.8 Å². The maximum atomic E-state index is 9.27. The van der Waals surface area contributed by atoms with Gasteiger partial charge in [0.25, 0.3) is 4.85 Å². The van der Waals surface area contributed by atoms with E-state index in [0.29, 0.717) is 6.61 Å². The highest BCUT2D eigenvalue weighted by molar-refractivity contribution is 5.50. The molecule has 0 atom stereocenters. The second kappa shape index (κ2) is 3.93. The third kappa shape index (κ3) is 2.97. The lowest BCUT2D eigenvalue weighted by molar-refractivity contribution is 0.110. The molecule has 8 heavy (non-hydrogen) atoms. The molecule has 0 aliphatic heterocycles. The quantitative estimate of drug-likeness (QED) is 0.312. The Morgan fingerprint density at radius 3 is 3.00 bits per heavy atom. The first kappa shape index (κ1) is 6.76. The van der Waals surface area contributed by atoms with Crippen LogP contribution in [0.1, 0.15) is 6.92 Å². The lowest BCUT2D eigenvalue weighted by atomic mass is 10.8. The van der Waals surface area contributed by atoms with Crippen LogP contribution in [-0.4, -0.2) is 17.6 Å². The van der Waals surface area contributed by atoms with E-state index in [-0.39, 0.29) is 0 Å². The number of ether oxygens (including phenoxy) is 1. The van der Waals surface area contributed by atoms with Crippen LogP contribution in [0.2, 0.25) is 0 Å². The Morgan fingerprint density at radius 1 is 2.00 bits per heavy atom.